The molecule has 0 aliphatic rings. The van der Waals surface area contributed by atoms with E-state index in [4.69, 9.17) is 11.6 Å². The standard InChI is InChI=1S/C12H17ClN4/c1-9-11(12(13)16(3)15-9)8-17-6-4-5-10(17)7-14-2/h4-6,14H,7-8H2,1-3H3. The highest BCUT2D eigenvalue weighted by Crippen LogP contribution is 2.20. The number of aryl methyl sites for hydroxylation is 2. The summed E-state index contributed by atoms with van der Waals surface area (Å²) >= 11 is 6.23. The highest BCUT2D eigenvalue weighted by atomic mass is 35.5. The van der Waals surface area contributed by atoms with Crippen molar-refractivity contribution in [2.45, 2.75) is 20.0 Å². The summed E-state index contributed by atoms with van der Waals surface area (Å²) in [7, 11) is 3.81. The zero-order valence-corrected chi connectivity index (χ0v) is 11.1. The van der Waals surface area contributed by atoms with E-state index in [2.05, 4.69) is 27.2 Å². The van der Waals surface area contributed by atoms with Crippen LogP contribution in [-0.2, 0) is 20.1 Å². The molecular weight excluding hydrogens is 236 g/mol. The van der Waals surface area contributed by atoms with Gasteiger partial charge in [0.25, 0.3) is 0 Å². The Labute approximate surface area is 106 Å². The predicted molar refractivity (Wildman–Crippen MR) is 69.3 cm³/mol. The van der Waals surface area contributed by atoms with Crippen molar-refractivity contribution in [3.05, 3.63) is 40.4 Å². The first-order valence-corrected chi connectivity index (χ1v) is 5.98. The first-order valence-electron chi connectivity index (χ1n) is 5.60. The summed E-state index contributed by atoms with van der Waals surface area (Å²) in [4.78, 5) is 0. The predicted octanol–water partition coefficient (Wildman–Crippen LogP) is 1.95. The summed E-state index contributed by atoms with van der Waals surface area (Å²) in [6.07, 6.45) is 2.06. The second-order valence-electron chi connectivity index (χ2n) is 4.14. The molecule has 17 heavy (non-hydrogen) atoms. The molecule has 0 radical (unpaired) electrons. The van der Waals surface area contributed by atoms with Gasteiger partial charge in [-0.25, -0.2) is 0 Å². The molecule has 4 nitrogen and oxygen atoms in total. The summed E-state index contributed by atoms with van der Waals surface area (Å²) in [6.45, 7) is 3.61. The largest absolute Gasteiger partial charge is 0.346 e. The Morgan fingerprint density at radius 2 is 2.24 bits per heavy atom. The van der Waals surface area contributed by atoms with E-state index in [1.54, 1.807) is 4.68 Å². The molecule has 2 aromatic heterocycles. The Bertz CT molecular complexity index is 513. The monoisotopic (exact) mass is 252 g/mol. The van der Waals surface area contributed by atoms with Crippen LogP contribution in [0.15, 0.2) is 18.3 Å². The number of nitrogens with zero attached hydrogens (tertiary/aromatic N) is 3. The first-order chi connectivity index (χ1) is 8.13. The van der Waals surface area contributed by atoms with E-state index in [1.165, 1.54) is 5.69 Å². The minimum Gasteiger partial charge on any atom is -0.346 e. The van der Waals surface area contributed by atoms with Crippen molar-refractivity contribution in [1.82, 2.24) is 19.7 Å². The Morgan fingerprint density at radius 3 is 2.82 bits per heavy atom. The highest BCUT2D eigenvalue weighted by Gasteiger charge is 2.12. The van der Waals surface area contributed by atoms with Gasteiger partial charge >= 0.3 is 0 Å². The van der Waals surface area contributed by atoms with Crippen LogP contribution in [-0.4, -0.2) is 21.4 Å². The van der Waals surface area contributed by atoms with Crippen molar-refractivity contribution < 1.29 is 0 Å². The van der Waals surface area contributed by atoms with Crippen LogP contribution in [0.5, 0.6) is 0 Å². The Hall–Kier alpha value is -1.26. The molecule has 92 valence electrons. The first kappa shape index (κ1) is 12.2. The zero-order valence-electron chi connectivity index (χ0n) is 10.4. The van der Waals surface area contributed by atoms with Crippen LogP contribution in [0, 0.1) is 6.92 Å². The van der Waals surface area contributed by atoms with Gasteiger partial charge in [0.1, 0.15) is 5.15 Å². The summed E-state index contributed by atoms with van der Waals surface area (Å²) in [5.74, 6) is 0. The quantitative estimate of drug-likeness (QED) is 0.903. The van der Waals surface area contributed by atoms with Crippen LogP contribution < -0.4 is 5.32 Å². The average Bonchev–Trinajstić information content (AvgIpc) is 2.81. The number of nitrogens with one attached hydrogen (secondary N) is 1. The van der Waals surface area contributed by atoms with E-state index in [9.17, 15) is 0 Å². The van der Waals surface area contributed by atoms with Gasteiger partial charge in [-0.15, -0.1) is 0 Å². The number of rotatable bonds is 4. The maximum absolute atomic E-state index is 6.23. The number of hydrogen-bond acceptors (Lipinski definition) is 2. The molecule has 0 aliphatic heterocycles. The van der Waals surface area contributed by atoms with Crippen molar-refractivity contribution >= 4 is 11.6 Å². The molecule has 2 aromatic rings. The molecule has 0 fully saturated rings. The molecule has 0 saturated carbocycles. The van der Waals surface area contributed by atoms with Gasteiger partial charge < -0.3 is 9.88 Å². The van der Waals surface area contributed by atoms with Crippen LogP contribution in [0.3, 0.4) is 0 Å². The van der Waals surface area contributed by atoms with E-state index in [-0.39, 0.29) is 0 Å². The molecular formula is C12H17ClN4. The molecule has 0 saturated heterocycles. The molecule has 0 bridgehead atoms. The lowest BCUT2D eigenvalue weighted by Crippen LogP contribution is -2.11. The fourth-order valence-electron chi connectivity index (χ4n) is 1.97. The molecule has 0 amide bonds. The van der Waals surface area contributed by atoms with Crippen molar-refractivity contribution in [1.29, 1.82) is 0 Å². The van der Waals surface area contributed by atoms with Gasteiger partial charge in [-0.2, -0.15) is 5.10 Å². The van der Waals surface area contributed by atoms with Gasteiger partial charge in [0, 0.05) is 31.0 Å². The van der Waals surface area contributed by atoms with E-state index in [0.29, 0.717) is 5.15 Å². The molecule has 1 N–H and O–H groups in total. The lowest BCUT2D eigenvalue weighted by Gasteiger charge is -2.08. The molecule has 2 rings (SSSR count). The maximum Gasteiger partial charge on any atom is 0.131 e. The molecule has 0 aliphatic carbocycles. The minimum absolute atomic E-state index is 0.714. The summed E-state index contributed by atoms with van der Waals surface area (Å²) < 4.78 is 3.90. The number of aromatic nitrogens is 3. The van der Waals surface area contributed by atoms with E-state index >= 15 is 0 Å². The van der Waals surface area contributed by atoms with Crippen LogP contribution >= 0.6 is 11.6 Å². The third-order valence-electron chi connectivity index (χ3n) is 2.88. The van der Waals surface area contributed by atoms with Gasteiger partial charge in [-0.1, -0.05) is 11.6 Å². The maximum atomic E-state index is 6.23. The Morgan fingerprint density at radius 1 is 1.47 bits per heavy atom. The SMILES string of the molecule is CNCc1cccn1Cc1c(C)nn(C)c1Cl. The van der Waals surface area contributed by atoms with Gasteiger partial charge in [0.15, 0.2) is 0 Å². The van der Waals surface area contributed by atoms with Gasteiger partial charge in [0.05, 0.1) is 12.2 Å². The molecule has 0 spiro atoms. The number of hydrogen-bond donors (Lipinski definition) is 1. The smallest absolute Gasteiger partial charge is 0.131 e. The number of halogens is 1. The molecule has 5 heteroatoms. The second-order valence-corrected chi connectivity index (χ2v) is 4.49. The summed E-state index contributed by atoms with van der Waals surface area (Å²) in [6, 6.07) is 4.16. The molecule has 0 unspecified atom stereocenters. The summed E-state index contributed by atoms with van der Waals surface area (Å²) in [5.41, 5.74) is 3.32. The van der Waals surface area contributed by atoms with Crippen molar-refractivity contribution in [2.75, 3.05) is 7.05 Å². The van der Waals surface area contributed by atoms with Crippen LogP contribution in [0.1, 0.15) is 17.0 Å². The zero-order chi connectivity index (χ0) is 12.4. The van der Waals surface area contributed by atoms with E-state index < -0.39 is 0 Å². The van der Waals surface area contributed by atoms with Gasteiger partial charge in [0.2, 0.25) is 0 Å². The summed E-state index contributed by atoms with van der Waals surface area (Å²) in [5, 5.41) is 8.19. The van der Waals surface area contributed by atoms with E-state index in [0.717, 1.165) is 24.3 Å². The Kier molecular flexibility index (Phi) is 3.54. The van der Waals surface area contributed by atoms with Gasteiger partial charge in [-0.05, 0) is 26.1 Å². The normalized spacial score (nSPS) is 11.1. The van der Waals surface area contributed by atoms with Crippen molar-refractivity contribution in [3.8, 4) is 0 Å². The third kappa shape index (κ3) is 2.37. The lowest BCUT2D eigenvalue weighted by atomic mass is 10.2. The van der Waals surface area contributed by atoms with Gasteiger partial charge in [-0.3, -0.25) is 4.68 Å². The van der Waals surface area contributed by atoms with Crippen LogP contribution in [0.25, 0.3) is 0 Å². The average molecular weight is 253 g/mol. The second kappa shape index (κ2) is 4.94. The fraction of sp³-hybridized carbons (Fsp3) is 0.417. The molecule has 0 aromatic carbocycles. The van der Waals surface area contributed by atoms with Crippen LogP contribution in [0.2, 0.25) is 5.15 Å². The Balaban J connectivity index is 2.28. The van der Waals surface area contributed by atoms with Crippen molar-refractivity contribution in [3.63, 3.8) is 0 Å². The topological polar surface area (TPSA) is 34.8 Å². The third-order valence-corrected chi connectivity index (χ3v) is 3.35. The fourth-order valence-corrected chi connectivity index (χ4v) is 2.20. The molecule has 0 atom stereocenters. The minimum atomic E-state index is 0.714. The molecule has 2 heterocycles. The van der Waals surface area contributed by atoms with Crippen LogP contribution in [0.4, 0.5) is 0 Å². The van der Waals surface area contributed by atoms with E-state index in [1.807, 2.05) is 27.1 Å². The lowest BCUT2D eigenvalue weighted by molar-refractivity contribution is 0.692. The van der Waals surface area contributed by atoms with Crippen molar-refractivity contribution in [2.24, 2.45) is 7.05 Å². The highest BCUT2D eigenvalue weighted by molar-refractivity contribution is 6.30.